The van der Waals surface area contributed by atoms with Crippen LogP contribution in [0.1, 0.15) is 40.2 Å². The highest BCUT2D eigenvalue weighted by Crippen LogP contribution is 2.23. The van der Waals surface area contributed by atoms with Crippen LogP contribution in [-0.2, 0) is 23.1 Å². The highest BCUT2D eigenvalue weighted by Gasteiger charge is 2.21. The Labute approximate surface area is 161 Å². The zero-order chi connectivity index (χ0) is 20.3. The summed E-state index contributed by atoms with van der Waals surface area (Å²) in [7, 11) is 1.60. The topological polar surface area (TPSA) is 88.1 Å². The molecule has 0 N–H and O–H groups in total. The van der Waals surface area contributed by atoms with Crippen LogP contribution in [0, 0.1) is 0 Å². The van der Waals surface area contributed by atoms with Gasteiger partial charge in [-0.25, -0.2) is 9.78 Å². The number of fused-ring (bicyclic) bond motifs is 1. The molecule has 9 heteroatoms. The second kappa shape index (κ2) is 8.60. The lowest BCUT2D eigenvalue weighted by Crippen LogP contribution is -2.40. The molecule has 0 saturated carbocycles. The first-order valence-electron chi connectivity index (χ1n) is 8.83. The van der Waals surface area contributed by atoms with Crippen molar-refractivity contribution in [2.24, 2.45) is 7.05 Å². The van der Waals surface area contributed by atoms with Crippen LogP contribution in [0.25, 0.3) is 11.2 Å². The molecule has 0 spiro atoms. The van der Waals surface area contributed by atoms with Crippen LogP contribution in [0.5, 0.6) is 0 Å². The second-order valence-corrected chi connectivity index (χ2v) is 7.78. The Balaban J connectivity index is 2.47. The minimum absolute atomic E-state index is 0.156. The molecule has 0 unspecified atom stereocenters. The lowest BCUT2D eigenvalue weighted by atomic mass is 10.3. The molecule has 2 aromatic heterocycles. The summed E-state index contributed by atoms with van der Waals surface area (Å²) in [5, 5.41) is 0.566. The van der Waals surface area contributed by atoms with Gasteiger partial charge in [0.05, 0.1) is 12.5 Å². The summed E-state index contributed by atoms with van der Waals surface area (Å²) < 4.78 is 9.47. The number of ether oxygens (including phenoxy) is 1. The molecular formula is C18H26N4O4S. The number of hydrogen-bond donors (Lipinski definition) is 0. The number of rotatable bonds is 8. The molecule has 0 fully saturated rings. The summed E-state index contributed by atoms with van der Waals surface area (Å²) in [6, 6.07) is -0.269. The van der Waals surface area contributed by atoms with Crippen molar-refractivity contribution in [3.05, 3.63) is 33.5 Å². The molecule has 0 aliphatic carbocycles. The average molecular weight is 394 g/mol. The molecule has 2 aromatic rings. The van der Waals surface area contributed by atoms with Gasteiger partial charge < -0.3 is 9.30 Å². The minimum Gasteiger partial charge on any atom is -0.463 e. The van der Waals surface area contributed by atoms with Gasteiger partial charge in [-0.2, -0.15) is 0 Å². The van der Waals surface area contributed by atoms with Gasteiger partial charge in [0.1, 0.15) is 0 Å². The van der Waals surface area contributed by atoms with Crippen molar-refractivity contribution in [2.75, 3.05) is 5.75 Å². The average Bonchev–Trinajstić information content (AvgIpc) is 2.91. The first kappa shape index (κ1) is 21.0. The van der Waals surface area contributed by atoms with Crippen molar-refractivity contribution in [3.8, 4) is 0 Å². The second-order valence-electron chi connectivity index (χ2n) is 6.71. The van der Waals surface area contributed by atoms with Crippen LogP contribution in [0.4, 0.5) is 0 Å². The zero-order valence-corrected chi connectivity index (χ0v) is 17.2. The Hall–Kier alpha value is -2.29. The molecule has 2 rings (SSSR count). The molecule has 0 saturated heterocycles. The largest absolute Gasteiger partial charge is 0.463 e. The molecule has 27 heavy (non-hydrogen) atoms. The van der Waals surface area contributed by atoms with E-state index in [9.17, 15) is 14.4 Å². The van der Waals surface area contributed by atoms with Gasteiger partial charge in [-0.3, -0.25) is 18.7 Å². The first-order valence-corrected chi connectivity index (χ1v) is 9.82. The standard InChI is InChI=1S/C18H26N4O4S/c1-7-9-21-14-15(20(6)18(25)22(11(2)3)16(14)24)19-17(21)27-10-8-13(23)26-12(4)5/h7,11-12H,1,8-10H2,2-6H3. The van der Waals surface area contributed by atoms with Crippen LogP contribution >= 0.6 is 11.8 Å². The van der Waals surface area contributed by atoms with E-state index in [0.29, 0.717) is 28.6 Å². The Bertz CT molecular complexity index is 968. The number of hydrogen-bond acceptors (Lipinski definition) is 6. The third-order valence-electron chi connectivity index (χ3n) is 3.88. The fourth-order valence-electron chi connectivity index (χ4n) is 2.73. The number of thioether (sulfide) groups is 1. The predicted octanol–water partition coefficient (Wildman–Crippen LogP) is 2.10. The predicted molar refractivity (Wildman–Crippen MR) is 106 cm³/mol. The minimum atomic E-state index is -0.400. The van der Waals surface area contributed by atoms with Gasteiger partial charge in [-0.15, -0.1) is 6.58 Å². The van der Waals surface area contributed by atoms with Gasteiger partial charge in [-0.1, -0.05) is 17.8 Å². The SMILES string of the molecule is C=CCn1c(SCCC(=O)OC(C)C)nc2c1c(=O)n(C(C)C)c(=O)n2C. The molecule has 0 radical (unpaired) electrons. The van der Waals surface area contributed by atoms with Crippen LogP contribution in [0.15, 0.2) is 27.4 Å². The van der Waals surface area contributed by atoms with Crippen molar-refractivity contribution in [1.82, 2.24) is 18.7 Å². The van der Waals surface area contributed by atoms with E-state index in [1.807, 2.05) is 0 Å². The number of aryl methyl sites for hydroxylation is 1. The smallest absolute Gasteiger partial charge is 0.332 e. The molecule has 0 amide bonds. The summed E-state index contributed by atoms with van der Waals surface area (Å²) >= 11 is 1.35. The van der Waals surface area contributed by atoms with Crippen LogP contribution < -0.4 is 11.2 Å². The Morgan fingerprint density at radius 1 is 1.30 bits per heavy atom. The number of aromatic nitrogens is 4. The quantitative estimate of drug-likeness (QED) is 0.387. The fraction of sp³-hybridized carbons (Fsp3) is 0.556. The molecule has 0 atom stereocenters. The molecular weight excluding hydrogens is 368 g/mol. The third kappa shape index (κ3) is 4.35. The van der Waals surface area contributed by atoms with Gasteiger partial charge in [0.2, 0.25) is 0 Å². The summed E-state index contributed by atoms with van der Waals surface area (Å²) in [6.45, 7) is 11.3. The van der Waals surface area contributed by atoms with Gasteiger partial charge in [0, 0.05) is 25.4 Å². The van der Waals surface area contributed by atoms with Gasteiger partial charge in [0.15, 0.2) is 16.3 Å². The zero-order valence-electron chi connectivity index (χ0n) is 16.4. The van der Waals surface area contributed by atoms with Crippen molar-refractivity contribution < 1.29 is 9.53 Å². The van der Waals surface area contributed by atoms with E-state index < -0.39 is 5.69 Å². The number of esters is 1. The van der Waals surface area contributed by atoms with Gasteiger partial charge in [-0.05, 0) is 27.7 Å². The number of nitrogens with zero attached hydrogens (tertiary/aromatic N) is 4. The van der Waals surface area contributed by atoms with Crippen LogP contribution in [0.2, 0.25) is 0 Å². The molecule has 2 heterocycles. The Morgan fingerprint density at radius 3 is 2.52 bits per heavy atom. The van der Waals surface area contributed by atoms with Crippen molar-refractivity contribution >= 4 is 28.9 Å². The third-order valence-corrected chi connectivity index (χ3v) is 4.86. The number of carbonyl (C=O) groups excluding carboxylic acids is 1. The van der Waals surface area contributed by atoms with Crippen molar-refractivity contribution in [1.29, 1.82) is 0 Å². The van der Waals surface area contributed by atoms with E-state index in [-0.39, 0.29) is 30.1 Å². The number of allylic oxidation sites excluding steroid dienone is 1. The van der Waals surface area contributed by atoms with E-state index >= 15 is 0 Å². The van der Waals surface area contributed by atoms with Gasteiger partial charge >= 0.3 is 11.7 Å². The first-order chi connectivity index (χ1) is 12.7. The van der Waals surface area contributed by atoms with Crippen molar-refractivity contribution in [3.63, 3.8) is 0 Å². The molecule has 148 valence electrons. The molecule has 0 aromatic carbocycles. The highest BCUT2D eigenvalue weighted by molar-refractivity contribution is 7.99. The normalized spacial score (nSPS) is 11.5. The monoisotopic (exact) mass is 394 g/mol. The van der Waals surface area contributed by atoms with E-state index in [2.05, 4.69) is 11.6 Å². The molecule has 0 aliphatic rings. The van der Waals surface area contributed by atoms with E-state index in [4.69, 9.17) is 4.74 Å². The van der Waals surface area contributed by atoms with Crippen LogP contribution in [0.3, 0.4) is 0 Å². The number of carbonyl (C=O) groups is 1. The molecule has 0 bridgehead atoms. The Morgan fingerprint density at radius 2 is 1.96 bits per heavy atom. The lowest BCUT2D eigenvalue weighted by Gasteiger charge is -2.12. The highest BCUT2D eigenvalue weighted by atomic mass is 32.2. The lowest BCUT2D eigenvalue weighted by molar-refractivity contribution is -0.146. The van der Waals surface area contributed by atoms with Crippen LogP contribution in [-0.4, -0.2) is 36.5 Å². The molecule has 0 aliphatic heterocycles. The summed E-state index contributed by atoms with van der Waals surface area (Å²) in [4.78, 5) is 41.7. The maximum Gasteiger partial charge on any atom is 0.332 e. The van der Waals surface area contributed by atoms with E-state index in [1.165, 1.54) is 20.9 Å². The summed E-state index contributed by atoms with van der Waals surface area (Å²) in [5.41, 5.74) is -0.0831. The Kier molecular flexibility index (Phi) is 6.69. The maximum atomic E-state index is 12.9. The summed E-state index contributed by atoms with van der Waals surface area (Å²) in [6.07, 6.45) is 1.74. The molecule has 8 nitrogen and oxygen atoms in total. The summed E-state index contributed by atoms with van der Waals surface area (Å²) in [5.74, 6) is 0.177. The van der Waals surface area contributed by atoms with Gasteiger partial charge in [0.25, 0.3) is 5.56 Å². The number of imidazole rings is 1. The fourth-order valence-corrected chi connectivity index (χ4v) is 3.65. The maximum absolute atomic E-state index is 12.9. The van der Waals surface area contributed by atoms with E-state index in [1.54, 1.807) is 45.4 Å². The van der Waals surface area contributed by atoms with Crippen molar-refractivity contribution in [2.45, 2.75) is 58.0 Å². The van der Waals surface area contributed by atoms with E-state index in [0.717, 1.165) is 0 Å².